The fourth-order valence-corrected chi connectivity index (χ4v) is 3.55. The summed E-state index contributed by atoms with van der Waals surface area (Å²) < 4.78 is 1.75. The van der Waals surface area contributed by atoms with E-state index in [1.165, 1.54) is 18.2 Å². The number of likely N-dealkylation sites (tertiary alicyclic amines) is 1. The molecule has 0 radical (unpaired) electrons. The lowest BCUT2D eigenvalue weighted by Crippen LogP contribution is -2.40. The number of nitrogens with zero attached hydrogens (tertiary/aromatic N) is 5. The Balaban J connectivity index is 1.88. The molecule has 1 amide bonds. The SMILES string of the molecule is CSc1nc2nc(C)c(CC(=O)N3CCCC(C)C3)c(C)n2n1. The average Bonchev–Trinajstić information content (AvgIpc) is 2.94. The van der Waals surface area contributed by atoms with Crippen molar-refractivity contribution in [1.29, 1.82) is 0 Å². The molecule has 0 N–H and O–H groups in total. The number of hydrogen-bond acceptors (Lipinski definition) is 5. The van der Waals surface area contributed by atoms with Crippen LogP contribution in [0.15, 0.2) is 5.16 Å². The first kappa shape index (κ1) is 16.2. The highest BCUT2D eigenvalue weighted by atomic mass is 32.2. The second-order valence-electron chi connectivity index (χ2n) is 6.34. The van der Waals surface area contributed by atoms with Crippen molar-refractivity contribution in [2.24, 2.45) is 5.92 Å². The van der Waals surface area contributed by atoms with Gasteiger partial charge in [-0.25, -0.2) is 9.50 Å². The van der Waals surface area contributed by atoms with Crippen molar-refractivity contribution < 1.29 is 4.79 Å². The fraction of sp³-hybridized carbons (Fsp3) is 0.625. The lowest BCUT2D eigenvalue weighted by atomic mass is 9.99. The Morgan fingerprint density at radius 2 is 2.13 bits per heavy atom. The molecule has 0 saturated carbocycles. The van der Waals surface area contributed by atoms with Crippen LogP contribution in [0.2, 0.25) is 0 Å². The van der Waals surface area contributed by atoms with E-state index in [2.05, 4.69) is 22.0 Å². The van der Waals surface area contributed by atoms with Crippen LogP contribution in [-0.4, -0.2) is 49.7 Å². The summed E-state index contributed by atoms with van der Waals surface area (Å²) in [5.41, 5.74) is 2.80. The van der Waals surface area contributed by atoms with Crippen LogP contribution in [0.4, 0.5) is 0 Å². The first-order chi connectivity index (χ1) is 11.0. The topological polar surface area (TPSA) is 63.4 Å². The van der Waals surface area contributed by atoms with Crippen LogP contribution >= 0.6 is 11.8 Å². The summed E-state index contributed by atoms with van der Waals surface area (Å²) in [6.07, 6.45) is 4.65. The number of carbonyl (C=O) groups excluding carboxylic acids is 1. The van der Waals surface area contributed by atoms with Crippen molar-refractivity contribution in [1.82, 2.24) is 24.5 Å². The van der Waals surface area contributed by atoms with E-state index in [1.54, 1.807) is 4.52 Å². The predicted octanol–water partition coefficient (Wildman–Crippen LogP) is 2.26. The molecule has 23 heavy (non-hydrogen) atoms. The molecule has 1 aliphatic rings. The molecular weight excluding hydrogens is 310 g/mol. The maximum atomic E-state index is 12.7. The van der Waals surface area contributed by atoms with Gasteiger partial charge in [0.25, 0.3) is 5.78 Å². The highest BCUT2D eigenvalue weighted by Crippen LogP contribution is 2.20. The second-order valence-corrected chi connectivity index (χ2v) is 7.11. The number of fused-ring (bicyclic) bond motifs is 1. The lowest BCUT2D eigenvalue weighted by molar-refractivity contribution is -0.132. The second kappa shape index (κ2) is 6.47. The van der Waals surface area contributed by atoms with E-state index in [-0.39, 0.29) is 5.91 Å². The Kier molecular flexibility index (Phi) is 4.57. The predicted molar refractivity (Wildman–Crippen MR) is 90.7 cm³/mol. The Morgan fingerprint density at radius 1 is 1.35 bits per heavy atom. The van der Waals surface area contributed by atoms with Crippen molar-refractivity contribution in [3.05, 3.63) is 17.0 Å². The molecule has 3 rings (SSSR count). The molecule has 7 heteroatoms. The smallest absolute Gasteiger partial charge is 0.253 e. The molecular formula is C16H23N5OS. The van der Waals surface area contributed by atoms with Crippen molar-refractivity contribution in [2.75, 3.05) is 19.3 Å². The maximum absolute atomic E-state index is 12.7. The first-order valence-electron chi connectivity index (χ1n) is 8.04. The molecule has 0 spiro atoms. The van der Waals surface area contributed by atoms with Crippen LogP contribution in [-0.2, 0) is 11.2 Å². The maximum Gasteiger partial charge on any atom is 0.253 e. The normalized spacial score (nSPS) is 18.6. The number of thioether (sulfide) groups is 1. The molecule has 1 fully saturated rings. The third-order valence-electron chi connectivity index (χ3n) is 4.55. The minimum atomic E-state index is 0.189. The summed E-state index contributed by atoms with van der Waals surface area (Å²) in [6, 6.07) is 0. The number of rotatable bonds is 3. The van der Waals surface area contributed by atoms with Gasteiger partial charge in [0.2, 0.25) is 11.1 Å². The van der Waals surface area contributed by atoms with E-state index in [9.17, 15) is 4.79 Å². The van der Waals surface area contributed by atoms with E-state index in [4.69, 9.17) is 0 Å². The van der Waals surface area contributed by atoms with Gasteiger partial charge in [-0.2, -0.15) is 4.98 Å². The quantitative estimate of drug-likeness (QED) is 0.806. The molecule has 1 atom stereocenters. The third-order valence-corrected chi connectivity index (χ3v) is 5.09. The highest BCUT2D eigenvalue weighted by Gasteiger charge is 2.23. The average molecular weight is 333 g/mol. The summed E-state index contributed by atoms with van der Waals surface area (Å²) in [5.74, 6) is 1.39. The summed E-state index contributed by atoms with van der Waals surface area (Å²) in [5, 5.41) is 5.15. The van der Waals surface area contributed by atoms with Gasteiger partial charge < -0.3 is 4.90 Å². The largest absolute Gasteiger partial charge is 0.342 e. The van der Waals surface area contributed by atoms with Crippen molar-refractivity contribution in [2.45, 2.75) is 45.2 Å². The Bertz CT molecular complexity index is 742. The van der Waals surface area contributed by atoms with E-state index >= 15 is 0 Å². The van der Waals surface area contributed by atoms with Gasteiger partial charge in [0.15, 0.2) is 0 Å². The molecule has 6 nitrogen and oxygen atoms in total. The van der Waals surface area contributed by atoms with E-state index in [0.29, 0.717) is 23.3 Å². The lowest BCUT2D eigenvalue weighted by Gasteiger charge is -2.31. The van der Waals surface area contributed by atoms with Crippen LogP contribution in [0.5, 0.6) is 0 Å². The molecule has 124 valence electrons. The van der Waals surface area contributed by atoms with Gasteiger partial charge in [-0.15, -0.1) is 5.10 Å². The highest BCUT2D eigenvalue weighted by molar-refractivity contribution is 7.98. The van der Waals surface area contributed by atoms with Crippen molar-refractivity contribution >= 4 is 23.4 Å². The number of amides is 1. The van der Waals surface area contributed by atoms with Gasteiger partial charge in [-0.1, -0.05) is 18.7 Å². The van der Waals surface area contributed by atoms with Gasteiger partial charge in [-0.3, -0.25) is 4.79 Å². The van der Waals surface area contributed by atoms with Gasteiger partial charge >= 0.3 is 0 Å². The van der Waals surface area contributed by atoms with E-state index in [1.807, 2.05) is 25.0 Å². The van der Waals surface area contributed by atoms with Crippen LogP contribution in [0.1, 0.15) is 36.7 Å². The first-order valence-corrected chi connectivity index (χ1v) is 9.26. The Labute approximate surface area is 140 Å². The number of piperidine rings is 1. The number of carbonyl (C=O) groups is 1. The van der Waals surface area contributed by atoms with Gasteiger partial charge in [0, 0.05) is 30.0 Å². The summed E-state index contributed by atoms with van der Waals surface area (Å²) in [4.78, 5) is 23.6. The zero-order valence-electron chi connectivity index (χ0n) is 14.2. The minimum absolute atomic E-state index is 0.189. The summed E-state index contributed by atoms with van der Waals surface area (Å²) in [7, 11) is 0. The fourth-order valence-electron chi connectivity index (χ4n) is 3.21. The van der Waals surface area contributed by atoms with Crippen LogP contribution in [0.3, 0.4) is 0 Å². The van der Waals surface area contributed by atoms with E-state index in [0.717, 1.165) is 36.5 Å². The zero-order chi connectivity index (χ0) is 16.6. The minimum Gasteiger partial charge on any atom is -0.342 e. The summed E-state index contributed by atoms with van der Waals surface area (Å²) in [6.45, 7) is 7.89. The zero-order valence-corrected chi connectivity index (χ0v) is 15.0. The molecule has 1 aliphatic heterocycles. The molecule has 0 aliphatic carbocycles. The number of aryl methyl sites for hydroxylation is 2. The molecule has 0 bridgehead atoms. The van der Waals surface area contributed by atoms with Crippen LogP contribution < -0.4 is 0 Å². The van der Waals surface area contributed by atoms with Gasteiger partial charge in [0.1, 0.15) is 0 Å². The van der Waals surface area contributed by atoms with Gasteiger partial charge in [-0.05, 0) is 38.9 Å². The Morgan fingerprint density at radius 3 is 2.83 bits per heavy atom. The Hall–Kier alpha value is -1.63. The third kappa shape index (κ3) is 3.20. The van der Waals surface area contributed by atoms with E-state index < -0.39 is 0 Å². The molecule has 2 aromatic heterocycles. The van der Waals surface area contributed by atoms with Crippen LogP contribution in [0.25, 0.3) is 5.78 Å². The van der Waals surface area contributed by atoms with Crippen LogP contribution in [0, 0.1) is 19.8 Å². The number of hydrogen-bond donors (Lipinski definition) is 0. The van der Waals surface area contributed by atoms with Crippen molar-refractivity contribution in [3.8, 4) is 0 Å². The monoisotopic (exact) mass is 333 g/mol. The molecule has 1 unspecified atom stereocenters. The van der Waals surface area contributed by atoms with Gasteiger partial charge in [0.05, 0.1) is 6.42 Å². The molecule has 3 heterocycles. The van der Waals surface area contributed by atoms with Crippen molar-refractivity contribution in [3.63, 3.8) is 0 Å². The summed E-state index contributed by atoms with van der Waals surface area (Å²) >= 11 is 1.49. The molecule has 0 aromatic carbocycles. The molecule has 2 aromatic rings. The number of aromatic nitrogens is 4. The molecule has 1 saturated heterocycles. The standard InChI is InChI=1S/C16H23N5OS/c1-10-6-5-7-20(9-10)14(22)8-13-11(2)17-15-18-16(23-4)19-21(15)12(13)3/h10H,5-9H2,1-4H3.